The van der Waals surface area contributed by atoms with E-state index >= 15 is 0 Å². The average Bonchev–Trinajstić information content (AvgIpc) is 2.60. The Labute approximate surface area is 111 Å². The fourth-order valence-corrected chi connectivity index (χ4v) is 3.73. The molecule has 1 N–H and O–H groups in total. The Kier molecular flexibility index (Phi) is 4.66. The van der Waals surface area contributed by atoms with Crippen molar-refractivity contribution in [1.29, 1.82) is 0 Å². The summed E-state index contributed by atoms with van der Waals surface area (Å²) in [6.45, 7) is 2.19. The highest BCUT2D eigenvalue weighted by atomic mass is 16.5. The molecule has 2 saturated carbocycles. The van der Waals surface area contributed by atoms with Gasteiger partial charge in [-0.2, -0.15) is 0 Å². The molecule has 2 unspecified atom stereocenters. The van der Waals surface area contributed by atoms with Gasteiger partial charge in [0, 0.05) is 6.04 Å². The van der Waals surface area contributed by atoms with Gasteiger partial charge in [-0.05, 0) is 31.6 Å². The second-order valence-electron chi connectivity index (χ2n) is 6.09. The minimum absolute atomic E-state index is 0.0447. The molecule has 18 heavy (non-hydrogen) atoms. The average molecular weight is 253 g/mol. The van der Waals surface area contributed by atoms with Crippen LogP contribution in [0.5, 0.6) is 0 Å². The van der Waals surface area contributed by atoms with E-state index in [1.165, 1.54) is 45.6 Å². The third-order valence-electron chi connectivity index (χ3n) is 4.92. The highest BCUT2D eigenvalue weighted by Gasteiger charge is 2.48. The van der Waals surface area contributed by atoms with Crippen molar-refractivity contribution in [3.05, 3.63) is 0 Å². The van der Waals surface area contributed by atoms with Gasteiger partial charge in [0.1, 0.15) is 5.54 Å². The van der Waals surface area contributed by atoms with E-state index in [-0.39, 0.29) is 5.97 Å². The molecule has 3 heteroatoms. The van der Waals surface area contributed by atoms with E-state index in [9.17, 15) is 4.79 Å². The third kappa shape index (κ3) is 2.71. The van der Waals surface area contributed by atoms with E-state index in [1.54, 1.807) is 0 Å². The lowest BCUT2D eigenvalue weighted by molar-refractivity contribution is -0.150. The molecule has 0 saturated heterocycles. The number of carbonyl (C=O) groups is 1. The summed E-state index contributed by atoms with van der Waals surface area (Å²) in [4.78, 5) is 12.2. The monoisotopic (exact) mass is 253 g/mol. The number of rotatable bonds is 3. The lowest BCUT2D eigenvalue weighted by Gasteiger charge is -2.36. The molecule has 0 aliphatic heterocycles. The van der Waals surface area contributed by atoms with Crippen molar-refractivity contribution in [1.82, 2.24) is 5.32 Å². The zero-order valence-electron chi connectivity index (χ0n) is 11.8. The number of hydrogen-bond acceptors (Lipinski definition) is 3. The molecule has 0 aromatic carbocycles. The number of carbonyl (C=O) groups excluding carboxylic acids is 1. The number of methoxy groups -OCH3 is 1. The Bertz CT molecular complexity index is 284. The van der Waals surface area contributed by atoms with E-state index in [0.717, 1.165) is 19.3 Å². The minimum Gasteiger partial charge on any atom is -0.468 e. The highest BCUT2D eigenvalue weighted by Crippen LogP contribution is 2.37. The molecule has 2 atom stereocenters. The van der Waals surface area contributed by atoms with Crippen molar-refractivity contribution in [2.75, 3.05) is 7.11 Å². The molecule has 0 aromatic rings. The van der Waals surface area contributed by atoms with Crippen LogP contribution < -0.4 is 5.32 Å². The first-order chi connectivity index (χ1) is 8.69. The zero-order valence-corrected chi connectivity index (χ0v) is 11.8. The quantitative estimate of drug-likeness (QED) is 0.620. The molecule has 2 aliphatic rings. The topological polar surface area (TPSA) is 38.3 Å². The molecule has 2 rings (SSSR count). The first-order valence-corrected chi connectivity index (χ1v) is 7.55. The second-order valence-corrected chi connectivity index (χ2v) is 6.09. The molecule has 0 aromatic heterocycles. The fraction of sp³-hybridized carbons (Fsp3) is 0.933. The second kappa shape index (κ2) is 6.05. The molecular weight excluding hydrogens is 226 g/mol. The van der Waals surface area contributed by atoms with Crippen LogP contribution in [0.2, 0.25) is 0 Å². The van der Waals surface area contributed by atoms with Gasteiger partial charge in [-0.25, -0.2) is 0 Å². The summed E-state index contributed by atoms with van der Waals surface area (Å²) in [5.41, 5.74) is -0.399. The molecule has 0 radical (unpaired) electrons. The first kappa shape index (κ1) is 13.9. The van der Waals surface area contributed by atoms with Crippen LogP contribution in [0.25, 0.3) is 0 Å². The number of ether oxygens (including phenoxy) is 1. The van der Waals surface area contributed by atoms with Gasteiger partial charge in [0.05, 0.1) is 7.11 Å². The zero-order chi connectivity index (χ0) is 13.0. The van der Waals surface area contributed by atoms with Crippen molar-refractivity contribution >= 4 is 5.97 Å². The Morgan fingerprint density at radius 3 is 2.28 bits per heavy atom. The van der Waals surface area contributed by atoms with Gasteiger partial charge in [0.25, 0.3) is 0 Å². The summed E-state index contributed by atoms with van der Waals surface area (Å²) in [7, 11) is 1.52. The smallest absolute Gasteiger partial charge is 0.326 e. The van der Waals surface area contributed by atoms with Crippen molar-refractivity contribution in [3.8, 4) is 0 Å². The van der Waals surface area contributed by atoms with E-state index in [4.69, 9.17) is 4.74 Å². The van der Waals surface area contributed by atoms with Crippen LogP contribution >= 0.6 is 0 Å². The molecule has 0 spiro atoms. The van der Waals surface area contributed by atoms with Gasteiger partial charge in [-0.1, -0.05) is 39.0 Å². The van der Waals surface area contributed by atoms with Crippen LogP contribution in [0.1, 0.15) is 64.7 Å². The Hall–Kier alpha value is -0.570. The van der Waals surface area contributed by atoms with Crippen LogP contribution in [0.15, 0.2) is 0 Å². The Morgan fingerprint density at radius 1 is 1.11 bits per heavy atom. The standard InChI is InChI=1S/C15H27NO2/c1-12-8-7-11-15(12,14(17)18-2)16-13-9-5-3-4-6-10-13/h12-13,16H,3-11H2,1-2H3. The minimum atomic E-state index is -0.399. The van der Waals surface area contributed by atoms with Crippen LogP contribution in [0.4, 0.5) is 0 Å². The molecular formula is C15H27NO2. The van der Waals surface area contributed by atoms with Gasteiger partial charge >= 0.3 is 5.97 Å². The van der Waals surface area contributed by atoms with Gasteiger partial charge < -0.3 is 4.74 Å². The highest BCUT2D eigenvalue weighted by molar-refractivity contribution is 5.81. The van der Waals surface area contributed by atoms with Crippen LogP contribution in [-0.2, 0) is 9.53 Å². The van der Waals surface area contributed by atoms with E-state index in [1.807, 2.05) is 0 Å². The van der Waals surface area contributed by atoms with Gasteiger partial charge in [0.15, 0.2) is 0 Å². The van der Waals surface area contributed by atoms with Crippen LogP contribution in [0.3, 0.4) is 0 Å². The number of hydrogen-bond donors (Lipinski definition) is 1. The number of esters is 1. The third-order valence-corrected chi connectivity index (χ3v) is 4.92. The van der Waals surface area contributed by atoms with Crippen molar-refractivity contribution in [2.45, 2.75) is 76.3 Å². The maximum Gasteiger partial charge on any atom is 0.326 e. The molecule has 0 amide bonds. The van der Waals surface area contributed by atoms with Crippen LogP contribution in [-0.4, -0.2) is 24.7 Å². The van der Waals surface area contributed by atoms with Crippen molar-refractivity contribution in [3.63, 3.8) is 0 Å². The maximum absolute atomic E-state index is 12.2. The summed E-state index contributed by atoms with van der Waals surface area (Å²) >= 11 is 0. The number of nitrogens with one attached hydrogen (secondary N) is 1. The summed E-state index contributed by atoms with van der Waals surface area (Å²) in [6, 6.07) is 0.507. The van der Waals surface area contributed by atoms with Gasteiger partial charge in [-0.3, -0.25) is 10.1 Å². The molecule has 3 nitrogen and oxygen atoms in total. The molecule has 104 valence electrons. The predicted octanol–water partition coefficient (Wildman–Crippen LogP) is 3.03. The van der Waals surface area contributed by atoms with E-state index < -0.39 is 5.54 Å². The normalized spacial score (nSPS) is 34.2. The lowest BCUT2D eigenvalue weighted by Crippen LogP contribution is -2.58. The van der Waals surface area contributed by atoms with Crippen molar-refractivity contribution < 1.29 is 9.53 Å². The summed E-state index contributed by atoms with van der Waals surface area (Å²) in [5, 5.41) is 3.70. The SMILES string of the molecule is COC(=O)C1(NC2CCCCCC2)CCCC1C. The lowest BCUT2D eigenvalue weighted by atomic mass is 9.86. The van der Waals surface area contributed by atoms with Gasteiger partial charge in [-0.15, -0.1) is 0 Å². The Morgan fingerprint density at radius 2 is 1.78 bits per heavy atom. The fourth-order valence-electron chi connectivity index (χ4n) is 3.73. The molecule has 2 aliphatic carbocycles. The summed E-state index contributed by atoms with van der Waals surface area (Å²) in [5.74, 6) is 0.352. The van der Waals surface area contributed by atoms with E-state index in [2.05, 4.69) is 12.2 Å². The van der Waals surface area contributed by atoms with Gasteiger partial charge in [0.2, 0.25) is 0 Å². The first-order valence-electron chi connectivity index (χ1n) is 7.55. The largest absolute Gasteiger partial charge is 0.468 e. The Balaban J connectivity index is 2.07. The summed E-state index contributed by atoms with van der Waals surface area (Å²) < 4.78 is 5.08. The molecule has 0 heterocycles. The molecule has 2 fully saturated rings. The van der Waals surface area contributed by atoms with E-state index in [0.29, 0.717) is 12.0 Å². The molecule has 0 bridgehead atoms. The van der Waals surface area contributed by atoms with Crippen molar-refractivity contribution in [2.24, 2.45) is 5.92 Å². The summed E-state index contributed by atoms with van der Waals surface area (Å²) in [6.07, 6.45) is 10.9. The predicted molar refractivity (Wildman–Crippen MR) is 72.4 cm³/mol. The van der Waals surface area contributed by atoms with Crippen LogP contribution in [0, 0.1) is 5.92 Å². The maximum atomic E-state index is 12.2.